The number of ether oxygens (including phenoxy) is 1. The highest BCUT2D eigenvalue weighted by molar-refractivity contribution is 6.31. The molecular weight excluding hydrogens is 404 g/mol. The Kier molecular flexibility index (Phi) is 6.35. The summed E-state index contributed by atoms with van der Waals surface area (Å²) in [6.45, 7) is 2.31. The summed E-state index contributed by atoms with van der Waals surface area (Å²) in [7, 11) is 0. The lowest BCUT2D eigenvalue weighted by atomic mass is 10.1. The molecule has 4 rings (SSSR count). The van der Waals surface area contributed by atoms with Gasteiger partial charge < -0.3 is 14.5 Å². The highest BCUT2D eigenvalue weighted by atomic mass is 35.5. The van der Waals surface area contributed by atoms with Gasteiger partial charge >= 0.3 is 5.63 Å². The molecule has 3 aromatic rings. The molecule has 2 heterocycles. The first-order chi connectivity index (χ1) is 14.6. The van der Waals surface area contributed by atoms with Crippen LogP contribution in [0.5, 0.6) is 5.75 Å². The van der Waals surface area contributed by atoms with Crippen molar-refractivity contribution in [2.45, 2.75) is 18.9 Å². The number of nitrogens with one attached hydrogen (secondary N) is 1. The van der Waals surface area contributed by atoms with E-state index in [0.29, 0.717) is 22.9 Å². The lowest BCUT2D eigenvalue weighted by molar-refractivity contribution is -0.123. The maximum atomic E-state index is 12.4. The first-order valence-electron chi connectivity index (χ1n) is 10.0. The molecule has 2 aromatic carbocycles. The monoisotopic (exact) mass is 426 g/mol. The van der Waals surface area contributed by atoms with E-state index >= 15 is 0 Å². The molecule has 0 radical (unpaired) electrons. The Bertz CT molecular complexity index is 1090. The zero-order chi connectivity index (χ0) is 20.9. The Labute approximate surface area is 179 Å². The molecule has 1 amide bonds. The second-order valence-corrected chi connectivity index (χ2v) is 7.73. The standard InChI is InChI=1S/C23H23ClN2O4/c24-19-6-2-1-5-18(19)20(26-11-3-4-12-26)14-25-22(27)15-29-17-9-7-16-8-10-23(28)30-21(16)13-17/h1-2,5-10,13,20H,3-4,11-12,14-15H2,(H,25,27). The molecule has 1 unspecified atom stereocenters. The molecule has 0 spiro atoms. The van der Waals surface area contributed by atoms with E-state index in [9.17, 15) is 9.59 Å². The van der Waals surface area contributed by atoms with E-state index in [1.807, 2.05) is 24.3 Å². The van der Waals surface area contributed by atoms with Gasteiger partial charge in [0.1, 0.15) is 11.3 Å². The number of rotatable bonds is 7. The summed E-state index contributed by atoms with van der Waals surface area (Å²) in [5.41, 5.74) is 1.02. The molecule has 30 heavy (non-hydrogen) atoms. The number of halogens is 1. The van der Waals surface area contributed by atoms with E-state index in [4.69, 9.17) is 20.8 Å². The second kappa shape index (κ2) is 9.32. The summed E-state index contributed by atoms with van der Waals surface area (Å²) in [6, 6.07) is 16.0. The summed E-state index contributed by atoms with van der Waals surface area (Å²) in [5, 5.41) is 4.46. The number of nitrogens with zero attached hydrogens (tertiary/aromatic N) is 1. The van der Waals surface area contributed by atoms with Crippen molar-refractivity contribution < 1.29 is 13.9 Å². The van der Waals surface area contributed by atoms with Crippen LogP contribution in [0.25, 0.3) is 11.0 Å². The van der Waals surface area contributed by atoms with Gasteiger partial charge in [0.25, 0.3) is 5.91 Å². The van der Waals surface area contributed by atoms with Gasteiger partial charge in [0.2, 0.25) is 0 Å². The van der Waals surface area contributed by atoms with Crippen molar-refractivity contribution in [3.05, 3.63) is 75.6 Å². The number of carbonyl (C=O) groups is 1. The number of hydrogen-bond acceptors (Lipinski definition) is 5. The predicted octanol–water partition coefficient (Wildman–Crippen LogP) is 3.78. The largest absolute Gasteiger partial charge is 0.484 e. The first-order valence-corrected chi connectivity index (χ1v) is 10.4. The van der Waals surface area contributed by atoms with E-state index in [0.717, 1.165) is 36.9 Å². The van der Waals surface area contributed by atoms with Crippen LogP contribution in [0.3, 0.4) is 0 Å². The molecular formula is C23H23ClN2O4. The minimum Gasteiger partial charge on any atom is -0.484 e. The highest BCUT2D eigenvalue weighted by Gasteiger charge is 2.25. The molecule has 1 fully saturated rings. The third kappa shape index (κ3) is 4.83. The zero-order valence-electron chi connectivity index (χ0n) is 16.5. The fourth-order valence-corrected chi connectivity index (χ4v) is 4.04. The number of likely N-dealkylation sites (tertiary alicyclic amines) is 1. The van der Waals surface area contributed by atoms with Crippen LogP contribution in [-0.2, 0) is 4.79 Å². The fraction of sp³-hybridized carbons (Fsp3) is 0.304. The van der Waals surface area contributed by atoms with Crippen molar-refractivity contribution >= 4 is 28.5 Å². The van der Waals surface area contributed by atoms with E-state index in [1.165, 1.54) is 6.07 Å². The smallest absolute Gasteiger partial charge is 0.336 e. The third-order valence-corrected chi connectivity index (χ3v) is 5.65. The van der Waals surface area contributed by atoms with E-state index in [2.05, 4.69) is 10.2 Å². The predicted molar refractivity (Wildman–Crippen MR) is 116 cm³/mol. The fourth-order valence-electron chi connectivity index (χ4n) is 3.78. The minimum absolute atomic E-state index is 0.0279. The van der Waals surface area contributed by atoms with Crippen molar-refractivity contribution in [3.63, 3.8) is 0 Å². The van der Waals surface area contributed by atoms with Crippen molar-refractivity contribution in [2.24, 2.45) is 0 Å². The van der Waals surface area contributed by atoms with E-state index in [1.54, 1.807) is 24.3 Å². The normalized spacial score (nSPS) is 15.2. The number of hydrogen-bond donors (Lipinski definition) is 1. The van der Waals surface area contributed by atoms with Crippen LogP contribution in [0, 0.1) is 0 Å². The van der Waals surface area contributed by atoms with Gasteiger partial charge in [0, 0.05) is 29.1 Å². The number of carbonyl (C=O) groups excluding carboxylic acids is 1. The SMILES string of the molecule is O=C(COc1ccc2ccc(=O)oc2c1)NCC(c1ccccc1Cl)N1CCCC1. The van der Waals surface area contributed by atoms with Crippen molar-refractivity contribution in [1.82, 2.24) is 10.2 Å². The van der Waals surface area contributed by atoms with Gasteiger partial charge in [-0.05, 0) is 55.8 Å². The third-order valence-electron chi connectivity index (χ3n) is 5.30. The number of fused-ring (bicyclic) bond motifs is 1. The maximum absolute atomic E-state index is 12.4. The molecule has 0 bridgehead atoms. The van der Waals surface area contributed by atoms with Gasteiger partial charge in [-0.15, -0.1) is 0 Å². The lowest BCUT2D eigenvalue weighted by Gasteiger charge is -2.29. The van der Waals surface area contributed by atoms with Crippen LogP contribution < -0.4 is 15.7 Å². The molecule has 1 atom stereocenters. The van der Waals surface area contributed by atoms with Gasteiger partial charge in [0.15, 0.2) is 6.61 Å². The molecule has 0 aliphatic carbocycles. The Morgan fingerprint density at radius 3 is 2.70 bits per heavy atom. The molecule has 1 aliphatic rings. The quantitative estimate of drug-likeness (QED) is 0.582. The topological polar surface area (TPSA) is 71.8 Å². The van der Waals surface area contributed by atoms with E-state index in [-0.39, 0.29) is 18.6 Å². The molecule has 0 saturated carbocycles. The molecule has 6 nitrogen and oxygen atoms in total. The van der Waals surface area contributed by atoms with Gasteiger partial charge in [-0.1, -0.05) is 29.8 Å². The first kappa shape index (κ1) is 20.4. The lowest BCUT2D eigenvalue weighted by Crippen LogP contribution is -2.38. The maximum Gasteiger partial charge on any atom is 0.336 e. The molecule has 156 valence electrons. The van der Waals surface area contributed by atoms with Gasteiger partial charge in [-0.3, -0.25) is 9.69 Å². The van der Waals surface area contributed by atoms with Crippen LogP contribution in [0.15, 0.2) is 63.8 Å². The second-order valence-electron chi connectivity index (χ2n) is 7.33. The van der Waals surface area contributed by atoms with Crippen LogP contribution in [0.2, 0.25) is 5.02 Å². The van der Waals surface area contributed by atoms with Crippen molar-refractivity contribution in [2.75, 3.05) is 26.2 Å². The molecule has 1 aromatic heterocycles. The van der Waals surface area contributed by atoms with Crippen LogP contribution in [0.1, 0.15) is 24.4 Å². The average Bonchev–Trinajstić information content (AvgIpc) is 3.28. The highest BCUT2D eigenvalue weighted by Crippen LogP contribution is 2.29. The Morgan fingerprint density at radius 2 is 1.90 bits per heavy atom. The van der Waals surface area contributed by atoms with E-state index < -0.39 is 5.63 Å². The van der Waals surface area contributed by atoms with Gasteiger partial charge in [-0.25, -0.2) is 4.79 Å². The summed E-state index contributed by atoms with van der Waals surface area (Å²) in [6.07, 6.45) is 2.30. The molecule has 1 saturated heterocycles. The van der Waals surface area contributed by atoms with Gasteiger partial charge in [-0.2, -0.15) is 0 Å². The summed E-state index contributed by atoms with van der Waals surface area (Å²) in [4.78, 5) is 26.1. The average molecular weight is 427 g/mol. The minimum atomic E-state index is -0.426. The van der Waals surface area contributed by atoms with Crippen molar-refractivity contribution in [1.29, 1.82) is 0 Å². The number of benzene rings is 2. The summed E-state index contributed by atoms with van der Waals surface area (Å²) >= 11 is 6.42. The van der Waals surface area contributed by atoms with Crippen LogP contribution in [-0.4, -0.2) is 37.0 Å². The van der Waals surface area contributed by atoms with Crippen LogP contribution >= 0.6 is 11.6 Å². The zero-order valence-corrected chi connectivity index (χ0v) is 17.2. The van der Waals surface area contributed by atoms with Crippen LogP contribution in [0.4, 0.5) is 0 Å². The Balaban J connectivity index is 1.38. The summed E-state index contributed by atoms with van der Waals surface area (Å²) < 4.78 is 10.7. The summed E-state index contributed by atoms with van der Waals surface area (Å²) in [5.74, 6) is 0.245. The molecule has 7 heteroatoms. The van der Waals surface area contributed by atoms with Crippen molar-refractivity contribution in [3.8, 4) is 5.75 Å². The molecule has 1 N–H and O–H groups in total. The number of amides is 1. The Morgan fingerprint density at radius 1 is 1.13 bits per heavy atom. The Hall–Kier alpha value is -2.83. The molecule has 1 aliphatic heterocycles. The van der Waals surface area contributed by atoms with Gasteiger partial charge in [0.05, 0.1) is 6.04 Å².